The van der Waals surface area contributed by atoms with E-state index < -0.39 is 0 Å². The molecule has 2 aromatic rings. The van der Waals surface area contributed by atoms with Gasteiger partial charge >= 0.3 is 0 Å². The van der Waals surface area contributed by atoms with Crippen LogP contribution >= 0.6 is 0 Å². The molecule has 1 fully saturated rings. The summed E-state index contributed by atoms with van der Waals surface area (Å²) >= 11 is 0. The monoisotopic (exact) mass is 298 g/mol. The number of benzene rings is 1. The van der Waals surface area contributed by atoms with Crippen molar-refractivity contribution in [3.8, 4) is 11.4 Å². The van der Waals surface area contributed by atoms with Gasteiger partial charge in [0.2, 0.25) is 0 Å². The molecule has 5 nitrogen and oxygen atoms in total. The zero-order valence-corrected chi connectivity index (χ0v) is 13.2. The second-order valence-corrected chi connectivity index (χ2v) is 5.89. The molecule has 0 bridgehead atoms. The highest BCUT2D eigenvalue weighted by Crippen LogP contribution is 2.19. The Bertz CT molecular complexity index is 652. The van der Waals surface area contributed by atoms with Gasteiger partial charge in [-0.3, -0.25) is 4.79 Å². The molecular weight excluding hydrogens is 276 g/mol. The Morgan fingerprint density at radius 2 is 1.68 bits per heavy atom. The van der Waals surface area contributed by atoms with Gasteiger partial charge in [-0.05, 0) is 31.9 Å². The van der Waals surface area contributed by atoms with Gasteiger partial charge in [-0.1, -0.05) is 25.0 Å². The first-order valence-corrected chi connectivity index (χ1v) is 7.92. The summed E-state index contributed by atoms with van der Waals surface area (Å²) in [6.45, 7) is 3.63. The topological polar surface area (TPSA) is 51.0 Å². The van der Waals surface area contributed by atoms with Crippen LogP contribution in [0.4, 0.5) is 0 Å². The lowest BCUT2D eigenvalue weighted by Crippen LogP contribution is -2.31. The minimum Gasteiger partial charge on any atom is -0.339 e. The van der Waals surface area contributed by atoms with Crippen LogP contribution < -0.4 is 0 Å². The van der Waals surface area contributed by atoms with Crippen LogP contribution in [-0.2, 0) is 7.05 Å². The highest BCUT2D eigenvalue weighted by atomic mass is 16.2. The van der Waals surface area contributed by atoms with Crippen LogP contribution in [0.2, 0.25) is 0 Å². The van der Waals surface area contributed by atoms with Crippen molar-refractivity contribution in [2.75, 3.05) is 13.1 Å². The SMILES string of the molecule is Cc1nc(-c2ccc(C(=O)N3CCCCCC3)cc2)n(C)n1. The number of nitrogens with zero attached hydrogens (tertiary/aromatic N) is 4. The highest BCUT2D eigenvalue weighted by Gasteiger charge is 2.17. The summed E-state index contributed by atoms with van der Waals surface area (Å²) in [5, 5.41) is 4.26. The number of amides is 1. The molecule has 0 N–H and O–H groups in total. The Kier molecular flexibility index (Phi) is 4.22. The van der Waals surface area contributed by atoms with Crippen molar-refractivity contribution in [2.24, 2.45) is 7.05 Å². The van der Waals surface area contributed by atoms with Crippen molar-refractivity contribution in [1.82, 2.24) is 19.7 Å². The summed E-state index contributed by atoms with van der Waals surface area (Å²) in [4.78, 5) is 19.0. The maximum absolute atomic E-state index is 12.6. The molecule has 0 saturated carbocycles. The molecule has 22 heavy (non-hydrogen) atoms. The summed E-state index contributed by atoms with van der Waals surface area (Å²) in [6, 6.07) is 7.70. The average molecular weight is 298 g/mol. The van der Waals surface area contributed by atoms with E-state index in [9.17, 15) is 4.79 Å². The lowest BCUT2D eigenvalue weighted by molar-refractivity contribution is 0.0761. The van der Waals surface area contributed by atoms with Gasteiger partial charge in [-0.15, -0.1) is 0 Å². The van der Waals surface area contributed by atoms with Crippen LogP contribution in [-0.4, -0.2) is 38.7 Å². The van der Waals surface area contributed by atoms with E-state index in [4.69, 9.17) is 0 Å². The molecule has 0 unspecified atom stereocenters. The van der Waals surface area contributed by atoms with Gasteiger partial charge in [0, 0.05) is 31.3 Å². The number of aromatic nitrogens is 3. The predicted molar refractivity (Wildman–Crippen MR) is 85.5 cm³/mol. The zero-order chi connectivity index (χ0) is 15.5. The summed E-state index contributed by atoms with van der Waals surface area (Å²) in [7, 11) is 1.88. The van der Waals surface area contributed by atoms with Crippen LogP contribution in [0, 0.1) is 6.92 Å². The van der Waals surface area contributed by atoms with Crippen LogP contribution in [0.15, 0.2) is 24.3 Å². The van der Waals surface area contributed by atoms with Crippen molar-refractivity contribution in [3.05, 3.63) is 35.7 Å². The number of carbonyl (C=O) groups is 1. The van der Waals surface area contributed by atoms with Gasteiger partial charge in [0.25, 0.3) is 5.91 Å². The first-order chi connectivity index (χ1) is 10.6. The van der Waals surface area contributed by atoms with Crippen molar-refractivity contribution < 1.29 is 4.79 Å². The smallest absolute Gasteiger partial charge is 0.253 e. The average Bonchev–Trinajstić information content (AvgIpc) is 2.73. The quantitative estimate of drug-likeness (QED) is 0.856. The second kappa shape index (κ2) is 6.30. The predicted octanol–water partition coefficient (Wildman–Crippen LogP) is 2.81. The minimum atomic E-state index is 0.141. The van der Waals surface area contributed by atoms with E-state index in [0.717, 1.165) is 48.7 Å². The Hall–Kier alpha value is -2.17. The zero-order valence-electron chi connectivity index (χ0n) is 13.2. The molecule has 2 heterocycles. The van der Waals surface area contributed by atoms with Crippen molar-refractivity contribution >= 4 is 5.91 Å². The first kappa shape index (κ1) is 14.8. The van der Waals surface area contributed by atoms with Gasteiger partial charge in [0.15, 0.2) is 5.82 Å². The Balaban J connectivity index is 1.78. The van der Waals surface area contributed by atoms with E-state index in [1.165, 1.54) is 12.8 Å². The molecule has 0 radical (unpaired) electrons. The molecule has 1 aromatic heterocycles. The Morgan fingerprint density at radius 1 is 1.05 bits per heavy atom. The molecule has 1 saturated heterocycles. The number of carbonyl (C=O) groups excluding carboxylic acids is 1. The molecule has 3 rings (SSSR count). The molecule has 116 valence electrons. The van der Waals surface area contributed by atoms with E-state index in [2.05, 4.69) is 10.1 Å². The highest BCUT2D eigenvalue weighted by molar-refractivity contribution is 5.94. The van der Waals surface area contributed by atoms with Gasteiger partial charge in [0.1, 0.15) is 5.82 Å². The number of hydrogen-bond acceptors (Lipinski definition) is 3. The second-order valence-electron chi connectivity index (χ2n) is 5.89. The maximum Gasteiger partial charge on any atom is 0.253 e. The van der Waals surface area contributed by atoms with Crippen molar-refractivity contribution in [3.63, 3.8) is 0 Å². The molecule has 0 atom stereocenters. The van der Waals surface area contributed by atoms with Crippen LogP contribution in [0.1, 0.15) is 41.9 Å². The van der Waals surface area contributed by atoms with Crippen LogP contribution in [0.25, 0.3) is 11.4 Å². The fourth-order valence-electron chi connectivity index (χ4n) is 2.98. The van der Waals surface area contributed by atoms with Gasteiger partial charge in [0.05, 0.1) is 0 Å². The third-order valence-electron chi connectivity index (χ3n) is 4.15. The van der Waals surface area contributed by atoms with Crippen LogP contribution in [0.5, 0.6) is 0 Å². The van der Waals surface area contributed by atoms with E-state index in [1.807, 2.05) is 43.1 Å². The van der Waals surface area contributed by atoms with Crippen molar-refractivity contribution in [2.45, 2.75) is 32.6 Å². The third kappa shape index (κ3) is 3.03. The van der Waals surface area contributed by atoms with Crippen molar-refractivity contribution in [1.29, 1.82) is 0 Å². The van der Waals surface area contributed by atoms with E-state index in [1.54, 1.807) is 4.68 Å². The molecule has 1 aliphatic rings. The first-order valence-electron chi connectivity index (χ1n) is 7.92. The maximum atomic E-state index is 12.6. The molecule has 5 heteroatoms. The standard InChI is InChI=1S/C17H22N4O/c1-13-18-16(20(2)19-13)14-7-9-15(10-8-14)17(22)21-11-5-3-4-6-12-21/h7-10H,3-6,11-12H2,1-2H3. The van der Waals surface area contributed by atoms with Gasteiger partial charge in [-0.2, -0.15) is 5.10 Å². The molecule has 0 aliphatic carbocycles. The van der Waals surface area contributed by atoms with Crippen LogP contribution in [0.3, 0.4) is 0 Å². The number of rotatable bonds is 2. The molecule has 0 spiro atoms. The van der Waals surface area contributed by atoms with E-state index in [-0.39, 0.29) is 5.91 Å². The molecule has 1 aliphatic heterocycles. The fourth-order valence-corrected chi connectivity index (χ4v) is 2.98. The molecular formula is C17H22N4O. The normalized spacial score (nSPS) is 15.6. The molecule has 1 aromatic carbocycles. The number of hydrogen-bond donors (Lipinski definition) is 0. The van der Waals surface area contributed by atoms with Gasteiger partial charge in [-0.25, -0.2) is 9.67 Å². The van der Waals surface area contributed by atoms with E-state index >= 15 is 0 Å². The Morgan fingerprint density at radius 3 is 2.23 bits per heavy atom. The summed E-state index contributed by atoms with van der Waals surface area (Å²) in [6.07, 6.45) is 4.69. The Labute approximate surface area is 131 Å². The minimum absolute atomic E-state index is 0.141. The number of likely N-dealkylation sites (tertiary alicyclic amines) is 1. The number of aryl methyl sites for hydroxylation is 2. The summed E-state index contributed by atoms with van der Waals surface area (Å²) < 4.78 is 1.76. The largest absolute Gasteiger partial charge is 0.339 e. The summed E-state index contributed by atoms with van der Waals surface area (Å²) in [5.41, 5.74) is 1.74. The fraction of sp³-hybridized carbons (Fsp3) is 0.471. The van der Waals surface area contributed by atoms with E-state index in [0.29, 0.717) is 0 Å². The lowest BCUT2D eigenvalue weighted by atomic mass is 10.1. The lowest BCUT2D eigenvalue weighted by Gasteiger charge is -2.20. The molecule has 1 amide bonds. The third-order valence-corrected chi connectivity index (χ3v) is 4.15. The van der Waals surface area contributed by atoms with Gasteiger partial charge < -0.3 is 4.90 Å². The summed E-state index contributed by atoms with van der Waals surface area (Å²) in [5.74, 6) is 1.72.